The van der Waals surface area contributed by atoms with Gasteiger partial charge in [-0.1, -0.05) is 38.2 Å². The smallest absolute Gasteiger partial charge is 0.244 e. The van der Waals surface area contributed by atoms with Gasteiger partial charge in [0.25, 0.3) is 0 Å². The van der Waals surface area contributed by atoms with Gasteiger partial charge in [0.1, 0.15) is 6.61 Å². The largest absolute Gasteiger partial charge is 0.384 e. The van der Waals surface area contributed by atoms with Crippen LogP contribution in [0.15, 0.2) is 23.1 Å². The van der Waals surface area contributed by atoms with Crippen LogP contribution in [0.25, 0.3) is 0 Å². The van der Waals surface area contributed by atoms with Crippen molar-refractivity contribution in [1.82, 2.24) is 4.31 Å². The molecule has 0 aromatic heterocycles. The second-order valence-electron chi connectivity index (χ2n) is 4.81. The monoisotopic (exact) mass is 309 g/mol. The van der Waals surface area contributed by atoms with Crippen LogP contribution in [0.3, 0.4) is 0 Å². The van der Waals surface area contributed by atoms with Crippen molar-refractivity contribution >= 4 is 10.0 Å². The van der Waals surface area contributed by atoms with E-state index in [4.69, 9.17) is 5.11 Å². The van der Waals surface area contributed by atoms with E-state index in [1.807, 2.05) is 20.8 Å². The van der Waals surface area contributed by atoms with Crippen molar-refractivity contribution in [2.75, 3.05) is 19.7 Å². The average molecular weight is 309 g/mol. The molecule has 0 saturated carbocycles. The Labute approximate surface area is 127 Å². The maximum absolute atomic E-state index is 12.8. The van der Waals surface area contributed by atoms with E-state index in [1.54, 1.807) is 18.2 Å². The molecular formula is C16H23NO3S. The molecule has 1 N–H and O–H groups in total. The SMILES string of the molecule is CCCCN(CC)S(=O)(=O)c1ccc(C)cc1C#CCO. The highest BCUT2D eigenvalue weighted by atomic mass is 32.2. The summed E-state index contributed by atoms with van der Waals surface area (Å²) in [5.41, 5.74) is 1.38. The molecule has 0 aliphatic heterocycles. The maximum Gasteiger partial charge on any atom is 0.244 e. The van der Waals surface area contributed by atoms with E-state index in [1.165, 1.54) is 4.31 Å². The lowest BCUT2D eigenvalue weighted by Crippen LogP contribution is -2.32. The summed E-state index contributed by atoms with van der Waals surface area (Å²) in [5.74, 6) is 5.27. The number of hydrogen-bond donors (Lipinski definition) is 1. The van der Waals surface area contributed by atoms with Gasteiger partial charge < -0.3 is 5.11 Å². The molecule has 0 amide bonds. The summed E-state index contributed by atoms with van der Waals surface area (Å²) in [5, 5.41) is 8.83. The highest BCUT2D eigenvalue weighted by Crippen LogP contribution is 2.21. The van der Waals surface area contributed by atoms with Gasteiger partial charge in [-0.25, -0.2) is 8.42 Å². The Hall–Kier alpha value is -1.35. The van der Waals surface area contributed by atoms with Crippen LogP contribution < -0.4 is 0 Å². The molecule has 5 heteroatoms. The first-order chi connectivity index (χ1) is 9.97. The lowest BCUT2D eigenvalue weighted by molar-refractivity contribution is 0.350. The highest BCUT2D eigenvalue weighted by Gasteiger charge is 2.24. The van der Waals surface area contributed by atoms with E-state index >= 15 is 0 Å². The molecule has 1 rings (SSSR count). The third kappa shape index (κ3) is 4.57. The third-order valence-electron chi connectivity index (χ3n) is 3.17. The van der Waals surface area contributed by atoms with E-state index < -0.39 is 10.0 Å². The quantitative estimate of drug-likeness (QED) is 0.819. The first-order valence-electron chi connectivity index (χ1n) is 7.17. The summed E-state index contributed by atoms with van der Waals surface area (Å²) in [7, 11) is -3.55. The van der Waals surface area contributed by atoms with Gasteiger partial charge in [0.05, 0.1) is 4.90 Å². The minimum atomic E-state index is -3.55. The molecule has 0 aliphatic rings. The number of unbranched alkanes of at least 4 members (excludes halogenated alkanes) is 1. The van der Waals surface area contributed by atoms with Crippen molar-refractivity contribution in [3.8, 4) is 11.8 Å². The van der Waals surface area contributed by atoms with Crippen LogP contribution in [0.2, 0.25) is 0 Å². The fourth-order valence-corrected chi connectivity index (χ4v) is 3.64. The van der Waals surface area contributed by atoms with E-state index in [-0.39, 0.29) is 11.5 Å². The van der Waals surface area contributed by atoms with Crippen molar-refractivity contribution in [2.45, 2.75) is 38.5 Å². The second kappa shape index (κ2) is 8.18. The summed E-state index contributed by atoms with van der Waals surface area (Å²) in [4.78, 5) is 0.215. The maximum atomic E-state index is 12.8. The molecule has 21 heavy (non-hydrogen) atoms. The molecular weight excluding hydrogens is 286 g/mol. The topological polar surface area (TPSA) is 57.6 Å². The molecule has 1 aromatic rings. The highest BCUT2D eigenvalue weighted by molar-refractivity contribution is 7.89. The number of rotatable bonds is 6. The van der Waals surface area contributed by atoms with Gasteiger partial charge in [-0.2, -0.15) is 4.31 Å². The predicted molar refractivity (Wildman–Crippen MR) is 84.5 cm³/mol. The number of aliphatic hydroxyl groups is 1. The molecule has 0 bridgehead atoms. The zero-order valence-electron chi connectivity index (χ0n) is 12.9. The Morgan fingerprint density at radius 1 is 1.29 bits per heavy atom. The Kier molecular flexibility index (Phi) is 6.90. The van der Waals surface area contributed by atoms with Crippen LogP contribution in [0, 0.1) is 18.8 Å². The van der Waals surface area contributed by atoms with Crippen molar-refractivity contribution < 1.29 is 13.5 Å². The Morgan fingerprint density at radius 2 is 2.00 bits per heavy atom. The Balaban J connectivity index is 3.29. The van der Waals surface area contributed by atoms with E-state index in [9.17, 15) is 8.42 Å². The normalized spacial score (nSPS) is 11.3. The van der Waals surface area contributed by atoms with Gasteiger partial charge in [0.15, 0.2) is 0 Å². The summed E-state index contributed by atoms with van der Waals surface area (Å²) in [6.45, 7) is 6.40. The fraction of sp³-hybridized carbons (Fsp3) is 0.500. The van der Waals surface area contributed by atoms with Crippen LogP contribution in [-0.4, -0.2) is 37.5 Å². The molecule has 0 atom stereocenters. The van der Waals surface area contributed by atoms with Gasteiger partial charge >= 0.3 is 0 Å². The molecule has 0 aliphatic carbocycles. The van der Waals surface area contributed by atoms with Crippen LogP contribution in [0.4, 0.5) is 0 Å². The summed E-state index contributed by atoms with van der Waals surface area (Å²) in [6, 6.07) is 5.11. The van der Waals surface area contributed by atoms with Gasteiger partial charge in [-0.3, -0.25) is 0 Å². The summed E-state index contributed by atoms with van der Waals surface area (Å²) in [6.07, 6.45) is 1.77. The number of sulfonamides is 1. The number of aryl methyl sites for hydroxylation is 1. The molecule has 0 saturated heterocycles. The average Bonchev–Trinajstić information content (AvgIpc) is 2.45. The molecule has 0 spiro atoms. The summed E-state index contributed by atoms with van der Waals surface area (Å²) < 4.78 is 27.0. The first-order valence-corrected chi connectivity index (χ1v) is 8.61. The van der Waals surface area contributed by atoms with Crippen molar-refractivity contribution in [1.29, 1.82) is 0 Å². The van der Waals surface area contributed by atoms with Crippen molar-refractivity contribution in [2.24, 2.45) is 0 Å². The van der Waals surface area contributed by atoms with E-state index in [2.05, 4.69) is 11.8 Å². The number of hydrogen-bond acceptors (Lipinski definition) is 3. The van der Waals surface area contributed by atoms with Gasteiger partial charge in [-0.15, -0.1) is 0 Å². The van der Waals surface area contributed by atoms with Crippen LogP contribution >= 0.6 is 0 Å². The minimum Gasteiger partial charge on any atom is -0.384 e. The van der Waals surface area contributed by atoms with Gasteiger partial charge in [0, 0.05) is 18.7 Å². The number of nitrogens with zero attached hydrogens (tertiary/aromatic N) is 1. The third-order valence-corrected chi connectivity index (χ3v) is 5.20. The van der Waals surface area contributed by atoms with Crippen molar-refractivity contribution in [3.63, 3.8) is 0 Å². The molecule has 116 valence electrons. The van der Waals surface area contributed by atoms with E-state index in [0.29, 0.717) is 18.7 Å². The fourth-order valence-electron chi connectivity index (χ4n) is 2.02. The van der Waals surface area contributed by atoms with Crippen molar-refractivity contribution in [3.05, 3.63) is 29.3 Å². The van der Waals surface area contributed by atoms with Crippen LogP contribution in [0.5, 0.6) is 0 Å². The summed E-state index contributed by atoms with van der Waals surface area (Å²) >= 11 is 0. The van der Waals surface area contributed by atoms with Crippen LogP contribution in [0.1, 0.15) is 37.8 Å². The zero-order valence-corrected chi connectivity index (χ0v) is 13.7. The molecule has 0 fully saturated rings. The minimum absolute atomic E-state index is 0.215. The first kappa shape index (κ1) is 17.7. The zero-order chi connectivity index (χ0) is 15.9. The van der Waals surface area contributed by atoms with Gasteiger partial charge in [0.2, 0.25) is 10.0 Å². The van der Waals surface area contributed by atoms with E-state index in [0.717, 1.165) is 18.4 Å². The molecule has 1 aromatic carbocycles. The Morgan fingerprint density at radius 3 is 2.57 bits per heavy atom. The lowest BCUT2D eigenvalue weighted by atomic mass is 10.1. The standard InChI is InChI=1S/C16H23NO3S/c1-4-6-11-17(5-2)21(19,20)16-10-9-14(3)13-15(16)8-7-12-18/h9-10,13,18H,4-6,11-12H2,1-3H3. The molecule has 4 nitrogen and oxygen atoms in total. The molecule has 0 radical (unpaired) electrons. The second-order valence-corrected chi connectivity index (χ2v) is 6.72. The molecule has 0 unspecified atom stereocenters. The number of aliphatic hydroxyl groups excluding tert-OH is 1. The van der Waals surface area contributed by atoms with Gasteiger partial charge in [-0.05, 0) is 31.0 Å². The number of benzene rings is 1. The van der Waals surface area contributed by atoms with Crippen LogP contribution in [-0.2, 0) is 10.0 Å². The predicted octanol–water partition coefficient (Wildman–Crippen LogP) is 2.15. The molecule has 0 heterocycles. The lowest BCUT2D eigenvalue weighted by Gasteiger charge is -2.21. The Bertz CT molecular complexity index is 627.